The van der Waals surface area contributed by atoms with E-state index < -0.39 is 0 Å². The fourth-order valence-corrected chi connectivity index (χ4v) is 2.45. The van der Waals surface area contributed by atoms with E-state index in [1.165, 1.54) is 0 Å². The van der Waals surface area contributed by atoms with Crippen LogP contribution >= 0.6 is 0 Å². The molecule has 1 fully saturated rings. The second-order valence-corrected chi connectivity index (χ2v) is 5.13. The Kier molecular flexibility index (Phi) is 5.73. The summed E-state index contributed by atoms with van der Waals surface area (Å²) in [6.07, 6.45) is 3.59. The third-order valence-electron chi connectivity index (χ3n) is 3.62. The van der Waals surface area contributed by atoms with Crippen LogP contribution in [-0.2, 0) is 4.74 Å². The van der Waals surface area contributed by atoms with E-state index in [1.54, 1.807) is 25.4 Å². The van der Waals surface area contributed by atoms with Crippen LogP contribution in [0, 0.1) is 17.8 Å². The Labute approximate surface area is 125 Å². The van der Waals surface area contributed by atoms with E-state index in [0.29, 0.717) is 18.2 Å². The van der Waals surface area contributed by atoms with Gasteiger partial charge in [0, 0.05) is 38.6 Å². The van der Waals surface area contributed by atoms with Crippen molar-refractivity contribution < 1.29 is 9.53 Å². The van der Waals surface area contributed by atoms with Crippen LogP contribution in [0.4, 0.5) is 0 Å². The summed E-state index contributed by atoms with van der Waals surface area (Å²) >= 11 is 0. The van der Waals surface area contributed by atoms with Gasteiger partial charge >= 0.3 is 0 Å². The number of amides is 1. The zero-order valence-electron chi connectivity index (χ0n) is 12.3. The molecule has 1 saturated heterocycles. The van der Waals surface area contributed by atoms with Crippen molar-refractivity contribution >= 4 is 5.91 Å². The summed E-state index contributed by atoms with van der Waals surface area (Å²) in [7, 11) is 1.72. The third-order valence-corrected chi connectivity index (χ3v) is 3.62. The van der Waals surface area contributed by atoms with E-state index in [9.17, 15) is 4.79 Å². The highest BCUT2D eigenvalue weighted by Gasteiger charge is 2.24. The first-order chi connectivity index (χ1) is 10.2. The van der Waals surface area contributed by atoms with Crippen molar-refractivity contribution in [1.29, 1.82) is 0 Å². The van der Waals surface area contributed by atoms with E-state index >= 15 is 0 Å². The Morgan fingerprint density at radius 2 is 2.24 bits per heavy atom. The number of hydrogen-bond acceptors (Lipinski definition) is 4. The standard InChI is InChI=1S/C16H21N3O2/c1-21-12-14-6-9-19(10-7-14)16(20)15-5-4-13(11-18-15)3-2-8-17/h4-5,11,14H,6-10,12,17H2,1H3. The molecule has 2 rings (SSSR count). The molecule has 1 aromatic rings. The molecule has 0 spiro atoms. The number of carbonyl (C=O) groups is 1. The summed E-state index contributed by atoms with van der Waals surface area (Å²) in [5, 5.41) is 0. The minimum Gasteiger partial charge on any atom is -0.384 e. The molecule has 112 valence electrons. The van der Waals surface area contributed by atoms with Crippen LogP contribution in [0.25, 0.3) is 0 Å². The summed E-state index contributed by atoms with van der Waals surface area (Å²) in [5.74, 6) is 6.20. The number of nitrogens with zero attached hydrogens (tertiary/aromatic N) is 2. The fourth-order valence-electron chi connectivity index (χ4n) is 2.45. The first-order valence-electron chi connectivity index (χ1n) is 7.17. The van der Waals surface area contributed by atoms with Gasteiger partial charge < -0.3 is 15.4 Å². The number of rotatable bonds is 3. The molecule has 5 nitrogen and oxygen atoms in total. The van der Waals surface area contributed by atoms with Gasteiger partial charge in [-0.2, -0.15) is 0 Å². The SMILES string of the molecule is COCC1CCN(C(=O)c2ccc(C#CCN)cn2)CC1. The van der Waals surface area contributed by atoms with Crippen LogP contribution in [0.5, 0.6) is 0 Å². The van der Waals surface area contributed by atoms with Crippen molar-refractivity contribution in [1.82, 2.24) is 9.88 Å². The van der Waals surface area contributed by atoms with Crippen molar-refractivity contribution in [3.8, 4) is 11.8 Å². The molecule has 1 amide bonds. The maximum Gasteiger partial charge on any atom is 0.272 e. The smallest absolute Gasteiger partial charge is 0.272 e. The van der Waals surface area contributed by atoms with Gasteiger partial charge in [-0.1, -0.05) is 11.8 Å². The number of pyridine rings is 1. The third kappa shape index (κ3) is 4.28. The van der Waals surface area contributed by atoms with Crippen molar-refractivity contribution in [2.24, 2.45) is 11.7 Å². The number of hydrogen-bond donors (Lipinski definition) is 1. The molecule has 0 aromatic carbocycles. The number of piperidine rings is 1. The zero-order valence-corrected chi connectivity index (χ0v) is 12.3. The topological polar surface area (TPSA) is 68.5 Å². The molecule has 1 aliphatic rings. The summed E-state index contributed by atoms with van der Waals surface area (Å²) in [5.41, 5.74) is 6.57. The maximum absolute atomic E-state index is 12.4. The van der Waals surface area contributed by atoms with Crippen LogP contribution < -0.4 is 5.73 Å². The van der Waals surface area contributed by atoms with Crippen LogP contribution in [0.15, 0.2) is 18.3 Å². The molecular weight excluding hydrogens is 266 g/mol. The molecule has 0 aliphatic carbocycles. The lowest BCUT2D eigenvalue weighted by atomic mass is 9.97. The quantitative estimate of drug-likeness (QED) is 0.838. The Morgan fingerprint density at radius 3 is 2.81 bits per heavy atom. The number of ether oxygens (including phenoxy) is 1. The van der Waals surface area contributed by atoms with Gasteiger partial charge in [-0.3, -0.25) is 4.79 Å². The normalized spacial score (nSPS) is 15.4. The largest absolute Gasteiger partial charge is 0.384 e. The lowest BCUT2D eigenvalue weighted by Crippen LogP contribution is -2.39. The Balaban J connectivity index is 1.94. The summed E-state index contributed by atoms with van der Waals surface area (Å²) in [4.78, 5) is 18.4. The van der Waals surface area contributed by atoms with Gasteiger partial charge in [0.15, 0.2) is 0 Å². The van der Waals surface area contributed by atoms with E-state index in [4.69, 9.17) is 10.5 Å². The lowest BCUT2D eigenvalue weighted by Gasteiger charge is -2.31. The van der Waals surface area contributed by atoms with Gasteiger partial charge in [0.05, 0.1) is 6.54 Å². The van der Waals surface area contributed by atoms with E-state index in [1.807, 2.05) is 4.90 Å². The molecule has 0 bridgehead atoms. The average molecular weight is 287 g/mol. The van der Waals surface area contributed by atoms with Gasteiger partial charge in [-0.05, 0) is 30.9 Å². The zero-order chi connectivity index (χ0) is 15.1. The number of methoxy groups -OCH3 is 1. The van der Waals surface area contributed by atoms with Crippen molar-refractivity contribution in [3.05, 3.63) is 29.6 Å². The fraction of sp³-hybridized carbons (Fsp3) is 0.500. The molecule has 2 heterocycles. The number of nitrogens with two attached hydrogens (primary N) is 1. The first-order valence-corrected chi connectivity index (χ1v) is 7.17. The second-order valence-electron chi connectivity index (χ2n) is 5.13. The van der Waals surface area contributed by atoms with E-state index in [0.717, 1.165) is 38.1 Å². The molecule has 0 atom stereocenters. The monoisotopic (exact) mass is 287 g/mol. The number of carbonyl (C=O) groups excluding carboxylic acids is 1. The Bertz CT molecular complexity index is 523. The first kappa shape index (κ1) is 15.5. The van der Waals surface area contributed by atoms with Gasteiger partial charge in [-0.15, -0.1) is 0 Å². The van der Waals surface area contributed by atoms with Crippen LogP contribution in [0.2, 0.25) is 0 Å². The molecule has 21 heavy (non-hydrogen) atoms. The van der Waals surface area contributed by atoms with E-state index in [2.05, 4.69) is 16.8 Å². The molecule has 1 aliphatic heterocycles. The van der Waals surface area contributed by atoms with Gasteiger partial charge in [0.2, 0.25) is 0 Å². The van der Waals surface area contributed by atoms with Crippen molar-refractivity contribution in [2.75, 3.05) is 33.4 Å². The minimum absolute atomic E-state index is 0.01000. The maximum atomic E-state index is 12.4. The minimum atomic E-state index is -0.01000. The summed E-state index contributed by atoms with van der Waals surface area (Å²) in [6.45, 7) is 2.62. The van der Waals surface area contributed by atoms with Crippen LogP contribution in [0.1, 0.15) is 28.9 Å². The highest BCUT2D eigenvalue weighted by molar-refractivity contribution is 5.92. The van der Waals surface area contributed by atoms with Crippen LogP contribution in [0.3, 0.4) is 0 Å². The van der Waals surface area contributed by atoms with Gasteiger partial charge in [0.25, 0.3) is 5.91 Å². The average Bonchev–Trinajstić information content (AvgIpc) is 2.54. The predicted octanol–water partition coefficient (Wildman–Crippen LogP) is 0.890. The van der Waals surface area contributed by atoms with Crippen LogP contribution in [-0.4, -0.2) is 49.1 Å². The number of aromatic nitrogens is 1. The van der Waals surface area contributed by atoms with Gasteiger partial charge in [0.1, 0.15) is 5.69 Å². The van der Waals surface area contributed by atoms with Crippen molar-refractivity contribution in [3.63, 3.8) is 0 Å². The molecule has 0 unspecified atom stereocenters. The predicted molar refractivity (Wildman–Crippen MR) is 80.7 cm³/mol. The molecule has 5 heteroatoms. The highest BCUT2D eigenvalue weighted by Crippen LogP contribution is 2.18. The Hall–Kier alpha value is -1.90. The molecule has 1 aromatic heterocycles. The van der Waals surface area contributed by atoms with Gasteiger partial charge in [-0.25, -0.2) is 4.98 Å². The Morgan fingerprint density at radius 1 is 1.48 bits per heavy atom. The van der Waals surface area contributed by atoms with Crippen molar-refractivity contribution in [2.45, 2.75) is 12.8 Å². The molecular formula is C16H21N3O2. The highest BCUT2D eigenvalue weighted by atomic mass is 16.5. The molecule has 2 N–H and O–H groups in total. The summed E-state index contributed by atoms with van der Waals surface area (Å²) in [6, 6.07) is 3.53. The number of likely N-dealkylation sites (tertiary alicyclic amines) is 1. The van der Waals surface area contributed by atoms with E-state index in [-0.39, 0.29) is 5.91 Å². The lowest BCUT2D eigenvalue weighted by molar-refractivity contribution is 0.0608. The molecule has 0 saturated carbocycles. The molecule has 0 radical (unpaired) electrons. The summed E-state index contributed by atoms with van der Waals surface area (Å²) < 4.78 is 5.17. The second kappa shape index (κ2) is 7.77.